The van der Waals surface area contributed by atoms with E-state index in [0.29, 0.717) is 0 Å². The second-order valence-electron chi connectivity index (χ2n) is 3.31. The third-order valence-electron chi connectivity index (χ3n) is 1.21. The summed E-state index contributed by atoms with van der Waals surface area (Å²) in [6, 6.07) is 0. The van der Waals surface area contributed by atoms with Crippen LogP contribution in [-0.2, 0) is 27.3 Å². The van der Waals surface area contributed by atoms with Gasteiger partial charge in [-0.05, 0) is 41.3 Å². The molecule has 0 spiro atoms. The fraction of sp³-hybridized carbons (Fsp3) is 0.800. The maximum atomic E-state index is 3.68. The van der Waals surface area contributed by atoms with E-state index >= 15 is 0 Å². The summed E-state index contributed by atoms with van der Waals surface area (Å²) in [5, 5.41) is 0. The molecule has 0 amide bonds. The van der Waals surface area contributed by atoms with E-state index in [1.54, 1.807) is 0 Å². The van der Waals surface area contributed by atoms with Gasteiger partial charge in [0.05, 0.1) is 0 Å². The van der Waals surface area contributed by atoms with Crippen LogP contribution in [0.25, 0.3) is 0 Å². The summed E-state index contributed by atoms with van der Waals surface area (Å²) in [5.74, 6) is 0. The van der Waals surface area contributed by atoms with Crippen LogP contribution < -0.4 is 0 Å². The fourth-order valence-corrected chi connectivity index (χ4v) is 0.632. The third-order valence-corrected chi connectivity index (χ3v) is 1.21. The van der Waals surface area contributed by atoms with Gasteiger partial charge in [0.25, 0.3) is 0 Å². The van der Waals surface area contributed by atoms with E-state index in [1.807, 2.05) is 28.2 Å². The topological polar surface area (TPSA) is 6.48 Å². The molecule has 0 rings (SSSR count). The third kappa shape index (κ3) is 32.2. The zero-order valence-electron chi connectivity index (χ0n) is 9.84. The molecule has 0 aromatic carbocycles. The van der Waals surface area contributed by atoms with Gasteiger partial charge < -0.3 is 23.6 Å². The standard InChI is InChI=1S/2C5H12N.Cd/c2*1-4-5-6(2)3;/h2*1,4-5H2,2-3H3;/q2*-1;+2. The molecule has 76 valence electrons. The Balaban J connectivity index is -0.000000143. The van der Waals surface area contributed by atoms with Crippen molar-refractivity contribution in [3.05, 3.63) is 13.8 Å². The quantitative estimate of drug-likeness (QED) is 0.571. The SMILES string of the molecule is [CH2-]CCN(C)C.[CH2-]CCN(C)C.[Cd+2]. The molecule has 0 unspecified atom stereocenters. The number of hydrogen-bond acceptors (Lipinski definition) is 2. The van der Waals surface area contributed by atoms with Gasteiger partial charge in [-0.3, -0.25) is 0 Å². The van der Waals surface area contributed by atoms with E-state index in [1.165, 1.54) is 0 Å². The van der Waals surface area contributed by atoms with Gasteiger partial charge >= 0.3 is 27.3 Å². The molecule has 0 aliphatic rings. The molecule has 0 radical (unpaired) electrons. The van der Waals surface area contributed by atoms with Crippen LogP contribution in [-0.4, -0.2) is 51.1 Å². The van der Waals surface area contributed by atoms with E-state index in [0.717, 1.165) is 25.9 Å². The molecule has 0 atom stereocenters. The van der Waals surface area contributed by atoms with Crippen LogP contribution in [0.15, 0.2) is 0 Å². The van der Waals surface area contributed by atoms with Crippen molar-refractivity contribution >= 4 is 0 Å². The van der Waals surface area contributed by atoms with Gasteiger partial charge in [0.2, 0.25) is 0 Å². The van der Waals surface area contributed by atoms with Gasteiger partial charge in [0.15, 0.2) is 0 Å². The molecule has 0 aliphatic heterocycles. The Morgan fingerprint density at radius 3 is 1.00 bits per heavy atom. The summed E-state index contributed by atoms with van der Waals surface area (Å²) >= 11 is 0. The fourth-order valence-electron chi connectivity index (χ4n) is 0.632. The molecular weight excluding hydrogens is 261 g/mol. The summed E-state index contributed by atoms with van der Waals surface area (Å²) in [5.41, 5.74) is 0. The number of rotatable bonds is 4. The van der Waals surface area contributed by atoms with Crippen LogP contribution in [0.5, 0.6) is 0 Å². The van der Waals surface area contributed by atoms with Crippen molar-refractivity contribution in [2.24, 2.45) is 0 Å². The molecule has 0 fully saturated rings. The Kier molecular flexibility index (Phi) is 22.9. The van der Waals surface area contributed by atoms with Crippen LogP contribution in [0.3, 0.4) is 0 Å². The molecule has 0 aliphatic carbocycles. The van der Waals surface area contributed by atoms with Crippen molar-refractivity contribution in [1.29, 1.82) is 0 Å². The van der Waals surface area contributed by atoms with Crippen LogP contribution in [0, 0.1) is 13.8 Å². The van der Waals surface area contributed by atoms with Crippen molar-refractivity contribution in [1.82, 2.24) is 9.80 Å². The molecule has 3 heteroatoms. The van der Waals surface area contributed by atoms with Crippen molar-refractivity contribution in [2.45, 2.75) is 12.8 Å². The smallest absolute Gasteiger partial charge is 0.342 e. The van der Waals surface area contributed by atoms with Crippen LogP contribution >= 0.6 is 0 Å². The van der Waals surface area contributed by atoms with E-state index in [-0.39, 0.29) is 27.3 Å². The van der Waals surface area contributed by atoms with Crippen LogP contribution in [0.4, 0.5) is 0 Å². The van der Waals surface area contributed by atoms with Crippen molar-refractivity contribution in [3.63, 3.8) is 0 Å². The molecule has 0 bridgehead atoms. The van der Waals surface area contributed by atoms with Gasteiger partial charge in [-0.2, -0.15) is 12.8 Å². The first-order valence-electron chi connectivity index (χ1n) is 4.42. The second kappa shape index (κ2) is 15.3. The number of hydrogen-bond donors (Lipinski definition) is 0. The van der Waals surface area contributed by atoms with E-state index in [2.05, 4.69) is 23.6 Å². The average molecular weight is 285 g/mol. The van der Waals surface area contributed by atoms with Crippen molar-refractivity contribution < 1.29 is 27.3 Å². The molecular formula is C10H24CdN2. The summed E-state index contributed by atoms with van der Waals surface area (Å²) in [4.78, 5) is 4.24. The zero-order chi connectivity index (χ0) is 9.98. The van der Waals surface area contributed by atoms with E-state index < -0.39 is 0 Å². The van der Waals surface area contributed by atoms with E-state index in [9.17, 15) is 0 Å². The summed E-state index contributed by atoms with van der Waals surface area (Å²) in [6.07, 6.45) is 2.01. The van der Waals surface area contributed by atoms with Gasteiger partial charge in [0, 0.05) is 0 Å². The Bertz CT molecular complexity index is 65.3. The first kappa shape index (κ1) is 19.4. The molecule has 13 heavy (non-hydrogen) atoms. The molecule has 0 heterocycles. The van der Waals surface area contributed by atoms with E-state index in [4.69, 9.17) is 0 Å². The Morgan fingerprint density at radius 2 is 1.00 bits per heavy atom. The minimum absolute atomic E-state index is 0. The van der Waals surface area contributed by atoms with Gasteiger partial charge in [-0.15, -0.1) is 0 Å². The second-order valence-corrected chi connectivity index (χ2v) is 3.31. The first-order chi connectivity index (χ1) is 5.54. The summed E-state index contributed by atoms with van der Waals surface area (Å²) < 4.78 is 0. The predicted molar refractivity (Wildman–Crippen MR) is 57.1 cm³/mol. The molecule has 2 nitrogen and oxygen atoms in total. The molecule has 0 N–H and O–H groups in total. The average Bonchev–Trinajstić information content (AvgIpc) is 1.87. The minimum atomic E-state index is 0. The van der Waals surface area contributed by atoms with Crippen molar-refractivity contribution in [2.75, 3.05) is 41.3 Å². The first-order valence-corrected chi connectivity index (χ1v) is 4.42. The molecule has 0 saturated carbocycles. The van der Waals surface area contributed by atoms with Crippen LogP contribution in [0.1, 0.15) is 12.8 Å². The summed E-state index contributed by atoms with van der Waals surface area (Å²) in [6.45, 7) is 9.56. The minimum Gasteiger partial charge on any atom is -0.342 e. The Hall–Kier alpha value is 0.842. The normalized spacial score (nSPS) is 9.23. The largest absolute Gasteiger partial charge is 2.00 e. The summed E-state index contributed by atoms with van der Waals surface area (Å²) in [7, 11) is 8.19. The van der Waals surface area contributed by atoms with Crippen molar-refractivity contribution in [3.8, 4) is 0 Å². The number of nitrogens with zero attached hydrogens (tertiary/aromatic N) is 2. The van der Waals surface area contributed by atoms with Gasteiger partial charge in [0.1, 0.15) is 0 Å². The Morgan fingerprint density at radius 1 is 0.769 bits per heavy atom. The Labute approximate surface area is 105 Å². The predicted octanol–water partition coefficient (Wildman–Crippen LogP) is 1.54. The molecule has 0 aromatic rings. The zero-order valence-corrected chi connectivity index (χ0v) is 13.9. The van der Waals surface area contributed by atoms with Gasteiger partial charge in [-0.25, -0.2) is 0 Å². The maximum absolute atomic E-state index is 3.68. The van der Waals surface area contributed by atoms with Gasteiger partial charge in [-0.1, -0.05) is 0 Å². The van der Waals surface area contributed by atoms with Crippen LogP contribution in [0.2, 0.25) is 0 Å². The maximum Gasteiger partial charge on any atom is 2.00 e. The molecule has 0 saturated heterocycles. The molecule has 0 aromatic heterocycles. The monoisotopic (exact) mass is 286 g/mol.